The van der Waals surface area contributed by atoms with E-state index in [0.29, 0.717) is 11.7 Å². The predicted octanol–water partition coefficient (Wildman–Crippen LogP) is 4.85. The molecular weight excluding hydrogens is 256 g/mol. The first-order chi connectivity index (χ1) is 9.95. The lowest BCUT2D eigenvalue weighted by Crippen LogP contribution is -2.49. The van der Waals surface area contributed by atoms with Crippen LogP contribution in [0.4, 0.5) is 0 Å². The minimum Gasteiger partial charge on any atom is -0.299 e. The van der Waals surface area contributed by atoms with Gasteiger partial charge < -0.3 is 0 Å². The van der Waals surface area contributed by atoms with E-state index in [1.807, 2.05) is 0 Å². The molecule has 21 heavy (non-hydrogen) atoms. The molecule has 0 aliphatic heterocycles. The van der Waals surface area contributed by atoms with Gasteiger partial charge in [-0.2, -0.15) is 0 Å². The molecule has 0 saturated heterocycles. The van der Waals surface area contributed by atoms with E-state index in [4.69, 9.17) is 0 Å². The molecule has 4 aliphatic rings. The van der Waals surface area contributed by atoms with Gasteiger partial charge in [-0.25, -0.2) is 0 Å². The molecule has 0 aromatic carbocycles. The van der Waals surface area contributed by atoms with Crippen LogP contribution in [0, 0.1) is 28.6 Å². The Morgan fingerprint density at radius 3 is 2.76 bits per heavy atom. The zero-order valence-corrected chi connectivity index (χ0v) is 13.3. The molecule has 0 aromatic heterocycles. The molecule has 3 fully saturated rings. The maximum atomic E-state index is 12.4. The van der Waals surface area contributed by atoms with E-state index in [9.17, 15) is 4.79 Å². The van der Waals surface area contributed by atoms with Crippen molar-refractivity contribution in [2.24, 2.45) is 28.6 Å². The predicted molar refractivity (Wildman–Crippen MR) is 85.8 cm³/mol. The molecule has 1 heteroatoms. The molecule has 0 aromatic rings. The van der Waals surface area contributed by atoms with Crippen LogP contribution in [0.3, 0.4) is 0 Å². The molecule has 3 saturated carbocycles. The van der Waals surface area contributed by atoms with Crippen molar-refractivity contribution in [2.75, 3.05) is 0 Å². The van der Waals surface area contributed by atoms with Gasteiger partial charge in [0.15, 0.2) is 0 Å². The van der Waals surface area contributed by atoms with Crippen LogP contribution < -0.4 is 0 Å². The van der Waals surface area contributed by atoms with Crippen LogP contribution in [0.1, 0.15) is 52.4 Å². The number of ketones is 1. The van der Waals surface area contributed by atoms with Gasteiger partial charge in [-0.3, -0.25) is 4.79 Å². The van der Waals surface area contributed by atoms with Crippen molar-refractivity contribution in [3.8, 4) is 0 Å². The van der Waals surface area contributed by atoms with Crippen molar-refractivity contribution in [2.45, 2.75) is 52.4 Å². The third-order valence-electron chi connectivity index (χ3n) is 7.36. The van der Waals surface area contributed by atoms with E-state index in [2.05, 4.69) is 38.7 Å². The Labute approximate surface area is 128 Å². The topological polar surface area (TPSA) is 17.1 Å². The van der Waals surface area contributed by atoms with Crippen LogP contribution in [0.25, 0.3) is 0 Å². The number of rotatable bonds is 0. The summed E-state index contributed by atoms with van der Waals surface area (Å²) in [5.41, 5.74) is 2.96. The number of fused-ring (bicyclic) bond motifs is 5. The molecule has 3 unspecified atom stereocenters. The first-order valence-corrected chi connectivity index (χ1v) is 8.58. The van der Waals surface area contributed by atoms with Crippen molar-refractivity contribution in [1.82, 2.24) is 0 Å². The van der Waals surface area contributed by atoms with Gasteiger partial charge in [0.05, 0.1) is 0 Å². The third-order valence-corrected chi connectivity index (χ3v) is 7.36. The fourth-order valence-corrected chi connectivity index (χ4v) is 6.05. The van der Waals surface area contributed by atoms with Crippen LogP contribution in [-0.4, -0.2) is 5.78 Å². The second-order valence-electron chi connectivity index (χ2n) is 8.19. The van der Waals surface area contributed by atoms with E-state index in [0.717, 1.165) is 36.7 Å². The van der Waals surface area contributed by atoms with E-state index in [-0.39, 0.29) is 10.8 Å². The van der Waals surface area contributed by atoms with Crippen molar-refractivity contribution >= 4 is 5.78 Å². The molecule has 0 heterocycles. The van der Waals surface area contributed by atoms with E-state index in [1.165, 1.54) is 19.3 Å². The number of carbonyl (C=O) groups excluding carboxylic acids is 1. The van der Waals surface area contributed by atoms with Crippen molar-refractivity contribution < 1.29 is 4.79 Å². The zero-order valence-electron chi connectivity index (χ0n) is 13.3. The summed E-state index contributed by atoms with van der Waals surface area (Å²) in [6.07, 6.45) is 13.7. The molecule has 0 amide bonds. The minimum absolute atomic E-state index is 0.000717. The van der Waals surface area contributed by atoms with Gasteiger partial charge in [0.1, 0.15) is 5.78 Å². The minimum atomic E-state index is 0.000717. The number of allylic oxidation sites excluding steroid dienone is 5. The van der Waals surface area contributed by atoms with Gasteiger partial charge in [-0.15, -0.1) is 0 Å². The Hall–Kier alpha value is -1.11. The summed E-state index contributed by atoms with van der Waals surface area (Å²) in [5, 5.41) is 0. The Morgan fingerprint density at radius 1 is 1.14 bits per heavy atom. The highest BCUT2D eigenvalue weighted by molar-refractivity contribution is 5.87. The molecule has 0 radical (unpaired) electrons. The third kappa shape index (κ3) is 1.67. The number of hydrogen-bond acceptors (Lipinski definition) is 1. The summed E-state index contributed by atoms with van der Waals surface area (Å²) < 4.78 is 0. The second-order valence-corrected chi connectivity index (χ2v) is 8.19. The van der Waals surface area contributed by atoms with E-state index < -0.39 is 0 Å². The molecule has 5 atom stereocenters. The smallest absolute Gasteiger partial charge is 0.139 e. The van der Waals surface area contributed by atoms with Crippen LogP contribution in [0.15, 0.2) is 36.0 Å². The average molecular weight is 282 g/mol. The summed E-state index contributed by atoms with van der Waals surface area (Å²) in [7, 11) is 0. The molecule has 0 N–H and O–H groups in total. The Kier molecular flexibility index (Phi) is 2.72. The standard InChI is InChI=1S/C20H26O/c1-13-8-10-19(2)14(12-13)4-5-15-16-6-7-18(21)20(16,3)11-9-17(15)19/h8,10,12,15-17H,1,4-7,9,11H2,2-3H3/t15?,16?,17?,19-,20-/m0/s1. The number of carbonyl (C=O) groups is 1. The Morgan fingerprint density at radius 2 is 1.95 bits per heavy atom. The maximum absolute atomic E-state index is 12.4. The lowest BCUT2D eigenvalue weighted by molar-refractivity contribution is -0.131. The summed E-state index contributed by atoms with van der Waals surface area (Å²) >= 11 is 0. The highest BCUT2D eigenvalue weighted by Crippen LogP contribution is 2.63. The lowest BCUT2D eigenvalue weighted by Gasteiger charge is -2.55. The summed E-state index contributed by atoms with van der Waals surface area (Å²) in [6, 6.07) is 0. The quantitative estimate of drug-likeness (QED) is 0.620. The van der Waals surface area contributed by atoms with Crippen LogP contribution in [-0.2, 0) is 4.79 Å². The average Bonchev–Trinajstić information content (AvgIpc) is 2.76. The summed E-state index contributed by atoms with van der Waals surface area (Å²) in [5.74, 6) is 2.66. The highest BCUT2D eigenvalue weighted by Gasteiger charge is 2.58. The molecular formula is C20H26O. The lowest BCUT2D eigenvalue weighted by atomic mass is 9.48. The molecule has 0 bridgehead atoms. The van der Waals surface area contributed by atoms with Gasteiger partial charge in [-0.1, -0.05) is 44.2 Å². The zero-order chi connectivity index (χ0) is 14.8. The van der Waals surface area contributed by atoms with Crippen molar-refractivity contribution in [1.29, 1.82) is 0 Å². The van der Waals surface area contributed by atoms with E-state index in [1.54, 1.807) is 5.57 Å². The fraction of sp³-hybridized carbons (Fsp3) is 0.650. The van der Waals surface area contributed by atoms with E-state index >= 15 is 0 Å². The molecule has 112 valence electrons. The molecule has 4 aliphatic carbocycles. The van der Waals surface area contributed by atoms with Crippen LogP contribution >= 0.6 is 0 Å². The van der Waals surface area contributed by atoms with Crippen molar-refractivity contribution in [3.05, 3.63) is 36.0 Å². The normalized spacial score (nSPS) is 48.5. The maximum Gasteiger partial charge on any atom is 0.139 e. The number of Topliss-reactive ketones (excluding diaryl/α,β-unsaturated/α-hetero) is 1. The Bertz CT molecular complexity index is 581. The largest absolute Gasteiger partial charge is 0.299 e. The van der Waals surface area contributed by atoms with Gasteiger partial charge in [-0.05, 0) is 55.4 Å². The van der Waals surface area contributed by atoms with Crippen LogP contribution in [0.2, 0.25) is 0 Å². The fourth-order valence-electron chi connectivity index (χ4n) is 6.05. The highest BCUT2D eigenvalue weighted by atomic mass is 16.1. The van der Waals surface area contributed by atoms with Crippen LogP contribution in [0.5, 0.6) is 0 Å². The SMILES string of the molecule is C=C1C=C[C@@]2(C)C(=C1)CCC1C2CC[C@]2(C)C(=O)CCC12. The summed E-state index contributed by atoms with van der Waals surface area (Å²) in [6.45, 7) is 8.79. The first kappa shape index (κ1) is 13.5. The van der Waals surface area contributed by atoms with Gasteiger partial charge in [0, 0.05) is 17.3 Å². The van der Waals surface area contributed by atoms with Gasteiger partial charge in [0.2, 0.25) is 0 Å². The monoisotopic (exact) mass is 282 g/mol. The van der Waals surface area contributed by atoms with Gasteiger partial charge in [0.25, 0.3) is 0 Å². The number of hydrogen-bond donors (Lipinski definition) is 0. The summed E-state index contributed by atoms with van der Waals surface area (Å²) in [4.78, 5) is 12.4. The molecule has 1 nitrogen and oxygen atoms in total. The first-order valence-electron chi connectivity index (χ1n) is 8.58. The van der Waals surface area contributed by atoms with Crippen molar-refractivity contribution in [3.63, 3.8) is 0 Å². The van der Waals surface area contributed by atoms with Gasteiger partial charge >= 0.3 is 0 Å². The second kappa shape index (κ2) is 4.21. The molecule has 0 spiro atoms. The molecule has 4 rings (SSSR count). The Balaban J connectivity index is 1.72.